The van der Waals surface area contributed by atoms with Gasteiger partial charge in [-0.1, -0.05) is 30.5 Å². The molecule has 1 fully saturated rings. The molecule has 2 aliphatic heterocycles. The first-order valence-electron chi connectivity index (χ1n) is 10.4. The number of fused-ring (bicyclic) bond motifs is 1. The molecule has 1 N–H and O–H groups in total. The number of nitrogens with one attached hydrogen (secondary N) is 1. The third-order valence-electron chi connectivity index (χ3n) is 5.51. The van der Waals surface area contributed by atoms with E-state index in [0.29, 0.717) is 43.0 Å². The molecule has 2 aliphatic rings. The Morgan fingerprint density at radius 2 is 1.84 bits per heavy atom. The predicted molar refractivity (Wildman–Crippen MR) is 127 cm³/mol. The van der Waals surface area contributed by atoms with Crippen molar-refractivity contribution < 1.29 is 14.0 Å². The van der Waals surface area contributed by atoms with E-state index in [1.807, 2.05) is 30.0 Å². The molecule has 0 atom stereocenters. The molecule has 0 saturated carbocycles. The van der Waals surface area contributed by atoms with Crippen molar-refractivity contribution in [3.8, 4) is 0 Å². The first-order chi connectivity index (χ1) is 15.5. The number of hydrogen-bond acceptors (Lipinski definition) is 4. The maximum atomic E-state index is 13.2. The molecule has 0 bridgehead atoms. The van der Waals surface area contributed by atoms with Gasteiger partial charge >= 0.3 is 0 Å². The summed E-state index contributed by atoms with van der Waals surface area (Å²) in [5.41, 5.74) is 2.67. The number of hydrogen-bond donors (Lipinski definition) is 1. The van der Waals surface area contributed by atoms with Crippen molar-refractivity contribution in [3.63, 3.8) is 0 Å². The van der Waals surface area contributed by atoms with Crippen LogP contribution in [0, 0.1) is 5.82 Å². The van der Waals surface area contributed by atoms with Crippen LogP contribution in [0.15, 0.2) is 82.6 Å². The van der Waals surface area contributed by atoms with Crippen molar-refractivity contribution in [2.24, 2.45) is 0 Å². The lowest BCUT2D eigenvalue weighted by molar-refractivity contribution is -0.112. The lowest BCUT2D eigenvalue weighted by Gasteiger charge is -2.36. The standard InChI is InChI=1S/C25H24FN3O2S/c1-3-5-20-22(4-2)32-23-11-6-17(16-21(23)27-24(20)30)25(31)29-14-12-28(13-15-29)19-9-7-18(26)8-10-19/h3-11,16H,1,12-15H2,2H3,(H,27,30)/b20-5+,22-4+. The van der Waals surface area contributed by atoms with E-state index in [4.69, 9.17) is 0 Å². The zero-order valence-electron chi connectivity index (χ0n) is 17.8. The van der Waals surface area contributed by atoms with Gasteiger partial charge in [0.1, 0.15) is 5.82 Å². The average Bonchev–Trinajstić information content (AvgIpc) is 2.95. The van der Waals surface area contributed by atoms with Gasteiger partial charge in [-0.3, -0.25) is 9.59 Å². The Labute approximate surface area is 191 Å². The summed E-state index contributed by atoms with van der Waals surface area (Å²) in [6.45, 7) is 8.08. The van der Waals surface area contributed by atoms with Crippen LogP contribution in [-0.4, -0.2) is 42.9 Å². The molecule has 4 rings (SSSR count). The third-order valence-corrected chi connectivity index (χ3v) is 6.76. The van der Waals surface area contributed by atoms with Gasteiger partial charge in [0.25, 0.3) is 11.8 Å². The number of allylic oxidation sites excluding steroid dienone is 3. The Balaban J connectivity index is 1.49. The Morgan fingerprint density at radius 3 is 2.50 bits per heavy atom. The maximum absolute atomic E-state index is 13.2. The lowest BCUT2D eigenvalue weighted by Crippen LogP contribution is -2.48. The molecule has 0 radical (unpaired) electrons. The second kappa shape index (κ2) is 9.44. The summed E-state index contributed by atoms with van der Waals surface area (Å²) in [5.74, 6) is -0.547. The minimum absolute atomic E-state index is 0.0665. The molecule has 32 heavy (non-hydrogen) atoms. The number of rotatable bonds is 3. The number of piperazine rings is 1. The molecule has 2 aromatic carbocycles. The van der Waals surface area contributed by atoms with Crippen LogP contribution in [0.3, 0.4) is 0 Å². The van der Waals surface area contributed by atoms with Crippen LogP contribution < -0.4 is 10.2 Å². The number of carbonyl (C=O) groups is 2. The van der Waals surface area contributed by atoms with Crippen molar-refractivity contribution in [1.82, 2.24) is 4.90 Å². The van der Waals surface area contributed by atoms with Crippen LogP contribution in [0.25, 0.3) is 0 Å². The van der Waals surface area contributed by atoms with E-state index in [1.54, 1.807) is 30.4 Å². The Kier molecular flexibility index (Phi) is 6.46. The Bertz CT molecular complexity index is 1120. The van der Waals surface area contributed by atoms with E-state index < -0.39 is 0 Å². The van der Waals surface area contributed by atoms with Gasteiger partial charge in [0.2, 0.25) is 0 Å². The summed E-state index contributed by atoms with van der Waals surface area (Å²) in [5, 5.41) is 2.93. The number of carbonyl (C=O) groups excluding carboxylic acids is 2. The molecule has 0 spiro atoms. The second-order valence-corrected chi connectivity index (χ2v) is 8.58. The number of thioether (sulfide) groups is 1. The van der Waals surface area contributed by atoms with Crippen LogP contribution in [0.1, 0.15) is 17.3 Å². The zero-order chi connectivity index (χ0) is 22.7. The molecule has 2 aromatic rings. The van der Waals surface area contributed by atoms with E-state index in [2.05, 4.69) is 16.8 Å². The number of amides is 2. The van der Waals surface area contributed by atoms with Gasteiger partial charge < -0.3 is 15.1 Å². The third kappa shape index (κ3) is 4.48. The predicted octanol–water partition coefficient (Wildman–Crippen LogP) is 4.85. The summed E-state index contributed by atoms with van der Waals surface area (Å²) in [4.78, 5) is 31.5. The van der Waals surface area contributed by atoms with Gasteiger partial charge in [-0.2, -0.15) is 0 Å². The van der Waals surface area contributed by atoms with Gasteiger partial charge in [0, 0.05) is 47.2 Å². The lowest BCUT2D eigenvalue weighted by atomic mass is 10.1. The van der Waals surface area contributed by atoms with Crippen molar-refractivity contribution >= 4 is 35.0 Å². The van der Waals surface area contributed by atoms with Crippen molar-refractivity contribution in [1.29, 1.82) is 0 Å². The highest BCUT2D eigenvalue weighted by atomic mass is 32.2. The fraction of sp³-hybridized carbons (Fsp3) is 0.200. The number of anilines is 2. The molecule has 5 nitrogen and oxygen atoms in total. The SMILES string of the molecule is C=C/C=C1/C(=O)Nc2cc(C(=O)N3CCN(c4ccc(F)cc4)CC3)ccc2S/C1=C/C. The summed E-state index contributed by atoms with van der Waals surface area (Å²) in [6.07, 6.45) is 5.18. The van der Waals surface area contributed by atoms with Crippen LogP contribution in [0.4, 0.5) is 15.8 Å². The van der Waals surface area contributed by atoms with E-state index in [0.717, 1.165) is 15.5 Å². The maximum Gasteiger partial charge on any atom is 0.256 e. The van der Waals surface area contributed by atoms with Gasteiger partial charge in [0.05, 0.1) is 11.3 Å². The van der Waals surface area contributed by atoms with E-state index >= 15 is 0 Å². The number of benzene rings is 2. The second-order valence-electron chi connectivity index (χ2n) is 7.49. The highest BCUT2D eigenvalue weighted by molar-refractivity contribution is 8.03. The van der Waals surface area contributed by atoms with Gasteiger partial charge in [-0.15, -0.1) is 0 Å². The van der Waals surface area contributed by atoms with Crippen molar-refractivity contribution in [3.05, 3.63) is 89.1 Å². The van der Waals surface area contributed by atoms with Crippen LogP contribution in [0.5, 0.6) is 0 Å². The summed E-state index contributed by atoms with van der Waals surface area (Å²) in [7, 11) is 0. The molecular formula is C25H24FN3O2S. The van der Waals surface area contributed by atoms with Crippen molar-refractivity contribution in [2.75, 3.05) is 36.4 Å². The Morgan fingerprint density at radius 1 is 1.12 bits per heavy atom. The fourth-order valence-electron chi connectivity index (χ4n) is 3.82. The van der Waals surface area contributed by atoms with E-state index in [9.17, 15) is 14.0 Å². The highest BCUT2D eigenvalue weighted by Gasteiger charge is 2.26. The monoisotopic (exact) mass is 449 g/mol. The van der Waals surface area contributed by atoms with Gasteiger partial charge in [0.15, 0.2) is 0 Å². The number of halogens is 1. The molecule has 0 unspecified atom stereocenters. The topological polar surface area (TPSA) is 52.7 Å². The minimum Gasteiger partial charge on any atom is -0.368 e. The highest BCUT2D eigenvalue weighted by Crippen LogP contribution is 2.40. The molecule has 2 amide bonds. The first-order valence-corrected chi connectivity index (χ1v) is 11.2. The molecule has 2 heterocycles. The largest absolute Gasteiger partial charge is 0.368 e. The molecular weight excluding hydrogens is 425 g/mol. The van der Waals surface area contributed by atoms with E-state index in [1.165, 1.54) is 23.9 Å². The minimum atomic E-state index is -0.260. The van der Waals surface area contributed by atoms with Crippen molar-refractivity contribution in [2.45, 2.75) is 11.8 Å². The van der Waals surface area contributed by atoms with Gasteiger partial charge in [-0.25, -0.2) is 4.39 Å². The van der Waals surface area contributed by atoms with Gasteiger partial charge in [-0.05, 0) is 55.5 Å². The summed E-state index contributed by atoms with van der Waals surface area (Å²) in [6, 6.07) is 11.8. The fourth-order valence-corrected chi connectivity index (χ4v) is 4.80. The smallest absolute Gasteiger partial charge is 0.256 e. The summed E-state index contributed by atoms with van der Waals surface area (Å²) < 4.78 is 13.2. The molecule has 0 aromatic heterocycles. The summed E-state index contributed by atoms with van der Waals surface area (Å²) >= 11 is 1.49. The van der Waals surface area contributed by atoms with Crippen LogP contribution in [-0.2, 0) is 4.79 Å². The molecule has 164 valence electrons. The normalized spacial score (nSPS) is 18.9. The van der Waals surface area contributed by atoms with Crippen LogP contribution in [0.2, 0.25) is 0 Å². The average molecular weight is 450 g/mol. The molecule has 1 saturated heterocycles. The number of nitrogens with zero attached hydrogens (tertiary/aromatic N) is 2. The molecule has 0 aliphatic carbocycles. The quantitative estimate of drug-likeness (QED) is 0.681. The van der Waals surface area contributed by atoms with Crippen LogP contribution >= 0.6 is 11.8 Å². The Hall–Kier alpha value is -3.32. The first kappa shape index (κ1) is 21.9. The zero-order valence-corrected chi connectivity index (χ0v) is 18.6. The molecule has 7 heteroatoms. The van der Waals surface area contributed by atoms with E-state index in [-0.39, 0.29) is 17.6 Å².